The molecule has 23 heavy (non-hydrogen) atoms. The van der Waals surface area contributed by atoms with E-state index >= 15 is 0 Å². The zero-order valence-electron chi connectivity index (χ0n) is 13.1. The van der Waals surface area contributed by atoms with Gasteiger partial charge in [-0.3, -0.25) is 10.0 Å². The predicted octanol–water partition coefficient (Wildman–Crippen LogP) is 2.06. The number of benzene rings is 1. The SMILES string of the molecule is CON1c2ccccc2[N+](O)=C2C(OC(=O)N(C)C)=CC=CC21. The van der Waals surface area contributed by atoms with Crippen LogP contribution in [0, 0.1) is 0 Å². The van der Waals surface area contributed by atoms with Crippen molar-refractivity contribution in [2.75, 3.05) is 26.3 Å². The summed E-state index contributed by atoms with van der Waals surface area (Å²) in [6.45, 7) is 0. The van der Waals surface area contributed by atoms with Crippen LogP contribution in [0.25, 0.3) is 0 Å². The van der Waals surface area contributed by atoms with Gasteiger partial charge in [-0.2, -0.15) is 0 Å². The van der Waals surface area contributed by atoms with Crippen LogP contribution in [-0.4, -0.2) is 53.9 Å². The maximum absolute atomic E-state index is 11.9. The van der Waals surface area contributed by atoms with Gasteiger partial charge < -0.3 is 9.64 Å². The molecule has 1 aliphatic carbocycles. The standard InChI is InChI=1S/C16H18N3O4/c1-17(2)16(20)23-14-10-6-9-13-15(14)18(21)11-7-4-5-8-12(11)19(13)22-3/h4-10,13,21H,1-3H3/q+1. The normalized spacial score (nSPS) is 19.0. The van der Waals surface area contributed by atoms with Crippen molar-refractivity contribution in [2.45, 2.75) is 6.04 Å². The fourth-order valence-electron chi connectivity index (χ4n) is 2.58. The Morgan fingerprint density at radius 2 is 2.09 bits per heavy atom. The van der Waals surface area contributed by atoms with Crippen LogP contribution >= 0.6 is 0 Å². The van der Waals surface area contributed by atoms with E-state index in [1.54, 1.807) is 44.5 Å². The van der Waals surface area contributed by atoms with E-state index in [0.29, 0.717) is 11.4 Å². The second-order valence-corrected chi connectivity index (χ2v) is 5.32. The molecule has 1 heterocycles. The number of para-hydroxylation sites is 2. The largest absolute Gasteiger partial charge is 0.414 e. The first-order valence-electron chi connectivity index (χ1n) is 7.10. The van der Waals surface area contributed by atoms with Crippen LogP contribution in [0.2, 0.25) is 0 Å². The van der Waals surface area contributed by atoms with Crippen molar-refractivity contribution >= 4 is 23.2 Å². The van der Waals surface area contributed by atoms with E-state index in [1.807, 2.05) is 24.3 Å². The van der Waals surface area contributed by atoms with E-state index in [0.717, 1.165) is 10.4 Å². The Kier molecular flexibility index (Phi) is 3.79. The van der Waals surface area contributed by atoms with Crippen molar-refractivity contribution in [3.8, 4) is 0 Å². The lowest BCUT2D eigenvalue weighted by Crippen LogP contribution is -2.48. The van der Waals surface area contributed by atoms with E-state index in [2.05, 4.69) is 0 Å². The van der Waals surface area contributed by atoms with Crippen LogP contribution in [0.1, 0.15) is 0 Å². The second-order valence-electron chi connectivity index (χ2n) is 5.32. The van der Waals surface area contributed by atoms with Gasteiger partial charge in [0.1, 0.15) is 5.69 Å². The maximum Gasteiger partial charge on any atom is 0.414 e. The summed E-state index contributed by atoms with van der Waals surface area (Å²) in [5.74, 6) is 0.273. The molecule has 3 rings (SSSR count). The average molecular weight is 316 g/mol. The first-order valence-corrected chi connectivity index (χ1v) is 7.10. The van der Waals surface area contributed by atoms with Gasteiger partial charge in [-0.1, -0.05) is 18.2 Å². The van der Waals surface area contributed by atoms with Gasteiger partial charge in [0.15, 0.2) is 6.04 Å². The van der Waals surface area contributed by atoms with Crippen LogP contribution < -0.4 is 5.06 Å². The molecule has 1 aliphatic heterocycles. The van der Waals surface area contributed by atoms with Crippen LogP contribution in [0.3, 0.4) is 0 Å². The minimum absolute atomic E-state index is 0.273. The second kappa shape index (κ2) is 5.77. The number of ether oxygens (including phenoxy) is 1. The molecule has 0 bridgehead atoms. The van der Waals surface area contributed by atoms with Crippen molar-refractivity contribution in [3.63, 3.8) is 0 Å². The minimum atomic E-state index is -0.519. The summed E-state index contributed by atoms with van der Waals surface area (Å²) in [5, 5.41) is 12.3. The molecule has 1 aromatic rings. The van der Waals surface area contributed by atoms with E-state index in [4.69, 9.17) is 9.57 Å². The van der Waals surface area contributed by atoms with E-state index in [9.17, 15) is 10.0 Å². The molecule has 2 aliphatic rings. The Hall–Kier alpha value is -2.80. The molecular weight excluding hydrogens is 298 g/mol. The van der Waals surface area contributed by atoms with Crippen molar-refractivity contribution < 1.29 is 24.3 Å². The predicted molar refractivity (Wildman–Crippen MR) is 83.8 cm³/mol. The lowest BCUT2D eigenvalue weighted by molar-refractivity contribution is -0.714. The van der Waals surface area contributed by atoms with Gasteiger partial charge in [-0.05, 0) is 18.2 Å². The Morgan fingerprint density at radius 3 is 2.78 bits per heavy atom. The molecule has 0 aromatic heterocycles. The number of rotatable bonds is 2. The molecule has 1 amide bonds. The van der Waals surface area contributed by atoms with Gasteiger partial charge >= 0.3 is 11.8 Å². The van der Waals surface area contributed by atoms with Crippen molar-refractivity contribution in [1.82, 2.24) is 4.90 Å². The third kappa shape index (κ3) is 2.44. The van der Waals surface area contributed by atoms with Gasteiger partial charge in [-0.25, -0.2) is 9.86 Å². The Morgan fingerprint density at radius 1 is 1.35 bits per heavy atom. The number of hydroxylamine groups is 1. The summed E-state index contributed by atoms with van der Waals surface area (Å²) in [7, 11) is 4.75. The van der Waals surface area contributed by atoms with Crippen LogP contribution in [0.5, 0.6) is 0 Å². The van der Waals surface area contributed by atoms with Crippen LogP contribution in [0.15, 0.2) is 48.3 Å². The Labute approximate surface area is 133 Å². The van der Waals surface area contributed by atoms with E-state index in [-0.39, 0.29) is 5.76 Å². The summed E-state index contributed by atoms with van der Waals surface area (Å²) in [4.78, 5) is 18.7. The molecule has 0 saturated carbocycles. The molecule has 1 aromatic carbocycles. The number of fused-ring (bicyclic) bond motifs is 2. The third-order valence-corrected chi connectivity index (χ3v) is 3.66. The highest BCUT2D eigenvalue weighted by Gasteiger charge is 2.44. The molecule has 0 spiro atoms. The topological polar surface area (TPSA) is 65.2 Å². The lowest BCUT2D eigenvalue weighted by Gasteiger charge is -2.32. The first-order chi connectivity index (χ1) is 11.0. The zero-order valence-corrected chi connectivity index (χ0v) is 13.1. The maximum atomic E-state index is 11.9. The lowest BCUT2D eigenvalue weighted by atomic mass is 10.0. The molecule has 120 valence electrons. The highest BCUT2D eigenvalue weighted by molar-refractivity contribution is 6.06. The summed E-state index contributed by atoms with van der Waals surface area (Å²) in [5.41, 5.74) is 1.68. The van der Waals surface area contributed by atoms with Crippen LogP contribution in [-0.2, 0) is 9.57 Å². The molecule has 7 heteroatoms. The summed E-state index contributed by atoms with van der Waals surface area (Å²) >= 11 is 0. The summed E-state index contributed by atoms with van der Waals surface area (Å²) in [6, 6.07) is 6.86. The van der Waals surface area contributed by atoms with Crippen molar-refractivity contribution in [3.05, 3.63) is 48.3 Å². The smallest absolute Gasteiger partial charge is 0.403 e. The Bertz CT molecular complexity index is 737. The third-order valence-electron chi connectivity index (χ3n) is 3.66. The summed E-state index contributed by atoms with van der Waals surface area (Å²) < 4.78 is 6.41. The number of carbonyl (C=O) groups is 1. The van der Waals surface area contributed by atoms with Gasteiger partial charge in [0.2, 0.25) is 5.76 Å². The molecule has 0 saturated heterocycles. The number of anilines is 1. The van der Waals surface area contributed by atoms with E-state index < -0.39 is 12.1 Å². The molecule has 1 N–H and O–H groups in total. The number of allylic oxidation sites excluding steroid dienone is 2. The zero-order chi connectivity index (χ0) is 16.6. The molecule has 1 atom stereocenters. The van der Waals surface area contributed by atoms with Crippen molar-refractivity contribution in [2.24, 2.45) is 0 Å². The number of amides is 1. The minimum Gasteiger partial charge on any atom is -0.403 e. The van der Waals surface area contributed by atoms with Crippen LogP contribution in [0.4, 0.5) is 16.2 Å². The highest BCUT2D eigenvalue weighted by atomic mass is 16.7. The first kappa shape index (κ1) is 15.1. The fourth-order valence-corrected chi connectivity index (χ4v) is 2.58. The highest BCUT2D eigenvalue weighted by Crippen LogP contribution is 2.36. The molecule has 0 radical (unpaired) electrons. The van der Waals surface area contributed by atoms with E-state index in [1.165, 1.54) is 4.90 Å². The summed E-state index contributed by atoms with van der Waals surface area (Å²) in [6.07, 6.45) is 4.73. The molecule has 7 nitrogen and oxygen atoms in total. The quantitative estimate of drug-likeness (QED) is 0.668. The van der Waals surface area contributed by atoms with Gasteiger partial charge in [-0.15, -0.1) is 0 Å². The number of nitrogens with zero attached hydrogens (tertiary/aromatic N) is 3. The molecular formula is C16H18N3O4+. The fraction of sp³-hybridized carbons (Fsp3) is 0.250. The van der Waals surface area contributed by atoms with Gasteiger partial charge in [0.25, 0.3) is 5.69 Å². The molecule has 0 fully saturated rings. The van der Waals surface area contributed by atoms with Gasteiger partial charge in [0.05, 0.1) is 7.11 Å². The average Bonchev–Trinajstić information content (AvgIpc) is 2.55. The number of hydrogen-bond acceptors (Lipinski definition) is 5. The number of hydrogen-bond donors (Lipinski definition) is 1. The number of carbonyl (C=O) groups excluding carboxylic acids is 1. The Balaban J connectivity index is 2.10. The van der Waals surface area contributed by atoms with Gasteiger partial charge in [0, 0.05) is 24.9 Å². The van der Waals surface area contributed by atoms with Crippen molar-refractivity contribution in [1.29, 1.82) is 0 Å². The molecule has 1 unspecified atom stereocenters. The monoisotopic (exact) mass is 316 g/mol.